The number of phosphoric acid groups is 2. The SMILES string of the molecule is CCCCCCCCCCCCCCC(=O)O[C@H](COC(=O)CCCCCCC)COP(=O)(O)OC[C@H](O)COP(=O)(O)OC[C@@H](COC(=O)CCCCCCCCCCCC(C)C)OC(=O)CCCCCCCCCCCCC(C)CC. The van der Waals surface area contributed by atoms with Gasteiger partial charge in [-0.3, -0.25) is 37.3 Å². The van der Waals surface area contributed by atoms with Crippen LogP contribution in [0.2, 0.25) is 0 Å². The van der Waals surface area contributed by atoms with Crippen molar-refractivity contribution >= 4 is 39.5 Å². The average molecular weight is 1230 g/mol. The molecule has 19 heteroatoms. The van der Waals surface area contributed by atoms with Crippen molar-refractivity contribution in [3.63, 3.8) is 0 Å². The number of hydrogen-bond donors (Lipinski definition) is 3. The van der Waals surface area contributed by atoms with Gasteiger partial charge in [0, 0.05) is 25.7 Å². The summed E-state index contributed by atoms with van der Waals surface area (Å²) < 4.78 is 67.8. The van der Waals surface area contributed by atoms with Crippen molar-refractivity contribution in [3.05, 3.63) is 0 Å². The maximum Gasteiger partial charge on any atom is 0.472 e. The van der Waals surface area contributed by atoms with Gasteiger partial charge in [-0.05, 0) is 37.5 Å². The Balaban J connectivity index is 5.18. The highest BCUT2D eigenvalue weighted by molar-refractivity contribution is 7.47. The second kappa shape index (κ2) is 56.6. The van der Waals surface area contributed by atoms with Crippen molar-refractivity contribution in [1.29, 1.82) is 0 Å². The molecule has 0 saturated carbocycles. The second-order valence-corrected chi connectivity index (χ2v) is 26.8. The van der Waals surface area contributed by atoms with Gasteiger partial charge in [-0.2, -0.15) is 0 Å². The first kappa shape index (κ1) is 81.1. The summed E-state index contributed by atoms with van der Waals surface area (Å²) in [6, 6.07) is 0. The average Bonchev–Trinajstić information content (AvgIpc) is 3.46. The molecule has 0 radical (unpaired) electrons. The number of aliphatic hydroxyl groups is 1. The molecular formula is C64H124O17P2. The molecule has 0 fully saturated rings. The third-order valence-electron chi connectivity index (χ3n) is 15.1. The lowest BCUT2D eigenvalue weighted by Crippen LogP contribution is -2.30. The molecule has 0 rings (SSSR count). The number of hydrogen-bond acceptors (Lipinski definition) is 15. The first-order valence-corrected chi connectivity index (χ1v) is 36.5. The Morgan fingerprint density at radius 2 is 0.614 bits per heavy atom. The van der Waals surface area contributed by atoms with Crippen LogP contribution in [0.3, 0.4) is 0 Å². The van der Waals surface area contributed by atoms with Crippen LogP contribution in [0.5, 0.6) is 0 Å². The van der Waals surface area contributed by atoms with E-state index in [1.807, 2.05) is 0 Å². The zero-order chi connectivity index (χ0) is 61.5. The summed E-state index contributed by atoms with van der Waals surface area (Å²) in [6.07, 6.45) is 39.1. The summed E-state index contributed by atoms with van der Waals surface area (Å²) in [6.45, 7) is 9.42. The Kier molecular flexibility index (Phi) is 55.2. The molecule has 0 bridgehead atoms. The van der Waals surface area contributed by atoms with E-state index in [2.05, 4.69) is 41.5 Å². The predicted molar refractivity (Wildman–Crippen MR) is 331 cm³/mol. The Hall–Kier alpha value is -1.94. The monoisotopic (exact) mass is 1230 g/mol. The third kappa shape index (κ3) is 57.6. The van der Waals surface area contributed by atoms with Crippen molar-refractivity contribution in [3.8, 4) is 0 Å². The Labute approximate surface area is 505 Å². The topological polar surface area (TPSA) is 237 Å². The molecule has 6 atom stereocenters. The highest BCUT2D eigenvalue weighted by atomic mass is 31.2. The lowest BCUT2D eigenvalue weighted by atomic mass is 9.99. The minimum absolute atomic E-state index is 0.106. The summed E-state index contributed by atoms with van der Waals surface area (Å²) >= 11 is 0. The van der Waals surface area contributed by atoms with Crippen LogP contribution in [0.4, 0.5) is 0 Å². The number of rotatable bonds is 63. The Morgan fingerprint density at radius 1 is 0.349 bits per heavy atom. The molecule has 0 heterocycles. The van der Waals surface area contributed by atoms with E-state index >= 15 is 0 Å². The molecule has 492 valence electrons. The summed E-state index contributed by atoms with van der Waals surface area (Å²) in [5, 5.41) is 10.5. The molecule has 0 saturated heterocycles. The summed E-state index contributed by atoms with van der Waals surface area (Å²) in [5.41, 5.74) is 0. The van der Waals surface area contributed by atoms with Crippen LogP contribution in [-0.2, 0) is 65.4 Å². The number of ether oxygens (including phenoxy) is 4. The van der Waals surface area contributed by atoms with E-state index in [4.69, 9.17) is 37.0 Å². The molecule has 0 aromatic rings. The van der Waals surface area contributed by atoms with Gasteiger partial charge in [0.2, 0.25) is 0 Å². The maximum absolute atomic E-state index is 13.0. The van der Waals surface area contributed by atoms with Crippen LogP contribution in [0.15, 0.2) is 0 Å². The molecule has 3 unspecified atom stereocenters. The fourth-order valence-electron chi connectivity index (χ4n) is 9.50. The first-order chi connectivity index (χ1) is 39.9. The molecule has 0 amide bonds. The molecule has 0 aliphatic rings. The van der Waals surface area contributed by atoms with E-state index in [0.29, 0.717) is 25.7 Å². The van der Waals surface area contributed by atoms with Gasteiger partial charge in [0.15, 0.2) is 12.2 Å². The molecule has 0 aliphatic heterocycles. The van der Waals surface area contributed by atoms with Crippen LogP contribution >= 0.6 is 15.6 Å². The van der Waals surface area contributed by atoms with Gasteiger partial charge in [-0.25, -0.2) is 9.13 Å². The van der Waals surface area contributed by atoms with Crippen LogP contribution in [0.25, 0.3) is 0 Å². The van der Waals surface area contributed by atoms with Gasteiger partial charge in [0.05, 0.1) is 26.4 Å². The summed E-state index contributed by atoms with van der Waals surface area (Å²) in [5.74, 6) is -0.596. The number of carbonyl (C=O) groups is 4. The number of aliphatic hydroxyl groups excluding tert-OH is 1. The zero-order valence-electron chi connectivity index (χ0n) is 53.5. The quantitative estimate of drug-likeness (QED) is 0.0222. The second-order valence-electron chi connectivity index (χ2n) is 23.9. The highest BCUT2D eigenvalue weighted by Crippen LogP contribution is 2.45. The van der Waals surface area contributed by atoms with Crippen molar-refractivity contribution in [2.45, 2.75) is 336 Å². The molecule has 17 nitrogen and oxygen atoms in total. The fourth-order valence-corrected chi connectivity index (χ4v) is 11.1. The Bertz CT molecular complexity index is 1630. The third-order valence-corrected chi connectivity index (χ3v) is 17.0. The summed E-state index contributed by atoms with van der Waals surface area (Å²) in [7, 11) is -9.88. The fraction of sp³-hybridized carbons (Fsp3) is 0.938. The first-order valence-electron chi connectivity index (χ1n) is 33.5. The van der Waals surface area contributed by atoms with Crippen LogP contribution < -0.4 is 0 Å². The number of phosphoric ester groups is 2. The van der Waals surface area contributed by atoms with E-state index in [1.165, 1.54) is 128 Å². The van der Waals surface area contributed by atoms with Gasteiger partial charge in [-0.15, -0.1) is 0 Å². The van der Waals surface area contributed by atoms with Gasteiger partial charge < -0.3 is 33.8 Å². The minimum atomic E-state index is -4.94. The molecule has 0 aromatic carbocycles. The van der Waals surface area contributed by atoms with E-state index in [0.717, 1.165) is 108 Å². The Morgan fingerprint density at radius 3 is 0.916 bits per heavy atom. The predicted octanol–water partition coefficient (Wildman–Crippen LogP) is 17.7. The van der Waals surface area contributed by atoms with Crippen LogP contribution in [-0.4, -0.2) is 96.7 Å². The number of carbonyl (C=O) groups excluding carboxylic acids is 4. The largest absolute Gasteiger partial charge is 0.472 e. The molecule has 3 N–H and O–H groups in total. The van der Waals surface area contributed by atoms with E-state index < -0.39 is 97.5 Å². The van der Waals surface area contributed by atoms with Crippen LogP contribution in [0.1, 0.15) is 318 Å². The number of unbranched alkanes of at least 4 members (excludes halogenated alkanes) is 32. The van der Waals surface area contributed by atoms with Crippen molar-refractivity contribution in [2.24, 2.45) is 11.8 Å². The molecule has 0 spiro atoms. The van der Waals surface area contributed by atoms with E-state index in [9.17, 15) is 43.2 Å². The molecule has 0 aromatic heterocycles. The van der Waals surface area contributed by atoms with Gasteiger partial charge in [0.25, 0.3) is 0 Å². The zero-order valence-corrected chi connectivity index (χ0v) is 55.3. The van der Waals surface area contributed by atoms with Gasteiger partial charge in [-0.1, -0.05) is 266 Å². The van der Waals surface area contributed by atoms with E-state index in [-0.39, 0.29) is 25.7 Å². The summed E-state index contributed by atoms with van der Waals surface area (Å²) in [4.78, 5) is 72.0. The van der Waals surface area contributed by atoms with Crippen molar-refractivity contribution in [2.75, 3.05) is 39.6 Å². The van der Waals surface area contributed by atoms with Gasteiger partial charge >= 0.3 is 39.5 Å². The normalized spacial score (nSPS) is 14.6. The van der Waals surface area contributed by atoms with Crippen molar-refractivity contribution in [1.82, 2.24) is 0 Å². The minimum Gasteiger partial charge on any atom is -0.462 e. The highest BCUT2D eigenvalue weighted by Gasteiger charge is 2.30. The lowest BCUT2D eigenvalue weighted by Gasteiger charge is -2.21. The molecule has 83 heavy (non-hydrogen) atoms. The molecular weight excluding hydrogens is 1100 g/mol. The molecule has 0 aliphatic carbocycles. The van der Waals surface area contributed by atoms with Gasteiger partial charge in [0.1, 0.15) is 19.3 Å². The lowest BCUT2D eigenvalue weighted by molar-refractivity contribution is -0.161. The number of esters is 4. The van der Waals surface area contributed by atoms with Crippen molar-refractivity contribution < 1.29 is 80.2 Å². The smallest absolute Gasteiger partial charge is 0.462 e. The van der Waals surface area contributed by atoms with Crippen LogP contribution in [0, 0.1) is 11.8 Å². The van der Waals surface area contributed by atoms with E-state index in [1.54, 1.807) is 0 Å². The standard InChI is InChI=1S/C64H124O17P2/c1-7-10-12-14-15-16-17-18-24-30-36-42-48-63(68)80-59(52-74-61(66)46-40-32-13-11-8-2)54-78-82(70,71)76-50-58(65)51-77-83(72,73)79-55-60(53-75-62(67)47-41-35-29-26-21-22-27-33-38-44-56(4)5)81-64(69)49-43-37-31-25-20-19-23-28-34-39-45-57(6)9-3/h56-60,65H,7-55H2,1-6H3,(H,70,71)(H,72,73)/t57?,58-,59+,60+/m0/s1. The maximum atomic E-state index is 13.0.